The van der Waals surface area contributed by atoms with E-state index >= 15 is 0 Å². The van der Waals surface area contributed by atoms with Crippen LogP contribution in [0, 0.1) is 6.92 Å². The highest BCUT2D eigenvalue weighted by atomic mass is 127. The lowest BCUT2D eigenvalue weighted by Crippen LogP contribution is -2.37. The van der Waals surface area contributed by atoms with Crippen LogP contribution >= 0.6 is 35.3 Å². The predicted molar refractivity (Wildman–Crippen MR) is 138 cm³/mol. The molecule has 2 N–H and O–H groups in total. The minimum absolute atomic E-state index is 0. The fraction of sp³-hybridized carbons (Fsp3) is 0.400. The van der Waals surface area contributed by atoms with Gasteiger partial charge in [0.2, 0.25) is 0 Å². The highest BCUT2D eigenvalue weighted by Gasteiger charge is 2.19. The lowest BCUT2D eigenvalue weighted by molar-refractivity contribution is 0.523. The summed E-state index contributed by atoms with van der Waals surface area (Å²) in [7, 11) is 1.40. The molecule has 0 aliphatic heterocycles. The third kappa shape index (κ3) is 6.18. The predicted octanol–water partition coefficient (Wildman–Crippen LogP) is 3.03. The van der Waals surface area contributed by atoms with Crippen molar-refractivity contribution in [2.45, 2.75) is 30.6 Å². The van der Waals surface area contributed by atoms with Gasteiger partial charge < -0.3 is 15.2 Å². The van der Waals surface area contributed by atoms with Crippen molar-refractivity contribution < 1.29 is 8.42 Å². The standard InChI is InChI=1S/C20H28N6O2S2.HI/c1-15-24-17-8-5-6-9-18(17)26(15)13-7-12-22-20(21-2)23-14-16-10-11-19(29-16)30(27,28)25(3)4;/h5-6,8-11H,7,12-14H2,1-4H3,(H2,21,22,23);1H. The number of benzene rings is 1. The monoisotopic (exact) mass is 576 g/mol. The Balaban J connectivity index is 0.00000341. The average molecular weight is 577 g/mol. The molecule has 0 fully saturated rings. The lowest BCUT2D eigenvalue weighted by Gasteiger charge is -2.12. The summed E-state index contributed by atoms with van der Waals surface area (Å²) in [5.74, 6) is 1.70. The van der Waals surface area contributed by atoms with Gasteiger partial charge in [-0.2, -0.15) is 0 Å². The second kappa shape index (κ2) is 11.2. The second-order valence-electron chi connectivity index (χ2n) is 7.01. The molecule has 11 heteroatoms. The number of nitrogens with zero attached hydrogens (tertiary/aromatic N) is 4. The number of guanidine groups is 1. The summed E-state index contributed by atoms with van der Waals surface area (Å²) in [4.78, 5) is 9.77. The molecule has 0 atom stereocenters. The molecule has 31 heavy (non-hydrogen) atoms. The first kappa shape index (κ1) is 25.6. The van der Waals surface area contributed by atoms with Crippen LogP contribution in [-0.2, 0) is 23.1 Å². The molecule has 1 aromatic carbocycles. The lowest BCUT2D eigenvalue weighted by atomic mass is 10.3. The highest BCUT2D eigenvalue weighted by Crippen LogP contribution is 2.23. The van der Waals surface area contributed by atoms with Gasteiger partial charge in [0, 0.05) is 39.1 Å². The van der Waals surface area contributed by atoms with E-state index in [1.165, 1.54) is 29.7 Å². The third-order valence-electron chi connectivity index (χ3n) is 4.72. The number of hydrogen-bond acceptors (Lipinski definition) is 5. The van der Waals surface area contributed by atoms with Gasteiger partial charge in [-0.3, -0.25) is 4.99 Å². The van der Waals surface area contributed by atoms with Crippen LogP contribution in [0.3, 0.4) is 0 Å². The molecule has 0 aliphatic rings. The summed E-state index contributed by atoms with van der Waals surface area (Å²) in [6, 6.07) is 11.6. The fourth-order valence-electron chi connectivity index (χ4n) is 3.09. The molecule has 0 aliphatic carbocycles. The minimum Gasteiger partial charge on any atom is -0.356 e. The molecule has 0 saturated heterocycles. The van der Waals surface area contributed by atoms with Crippen LogP contribution in [-0.4, -0.2) is 55.9 Å². The number of para-hydroxylation sites is 2. The number of thiophene rings is 1. The van der Waals surface area contributed by atoms with Crippen LogP contribution in [0.25, 0.3) is 11.0 Å². The molecule has 0 radical (unpaired) electrons. The zero-order valence-electron chi connectivity index (χ0n) is 18.1. The summed E-state index contributed by atoms with van der Waals surface area (Å²) < 4.78 is 28.2. The van der Waals surface area contributed by atoms with Gasteiger partial charge in [-0.05, 0) is 37.6 Å². The molecular weight excluding hydrogens is 547 g/mol. The Hall–Kier alpha value is -1.70. The van der Waals surface area contributed by atoms with Crippen LogP contribution in [0.15, 0.2) is 45.6 Å². The molecule has 0 amide bonds. The fourth-order valence-corrected chi connectivity index (χ4v) is 5.55. The normalized spacial score (nSPS) is 12.2. The van der Waals surface area contributed by atoms with E-state index in [4.69, 9.17) is 0 Å². The van der Waals surface area contributed by atoms with Crippen molar-refractivity contribution in [2.24, 2.45) is 4.99 Å². The number of rotatable bonds is 8. The third-order valence-corrected chi connectivity index (χ3v) is 8.09. The Morgan fingerprint density at radius 3 is 2.65 bits per heavy atom. The first-order chi connectivity index (χ1) is 14.3. The van der Waals surface area contributed by atoms with Gasteiger partial charge in [0.1, 0.15) is 10.0 Å². The molecular formula is C20H29IN6O2S2. The molecule has 0 saturated carbocycles. The van der Waals surface area contributed by atoms with Crippen molar-refractivity contribution in [2.75, 3.05) is 27.7 Å². The maximum absolute atomic E-state index is 12.2. The average Bonchev–Trinajstić information content (AvgIpc) is 3.32. The van der Waals surface area contributed by atoms with Crippen molar-refractivity contribution in [3.8, 4) is 0 Å². The van der Waals surface area contributed by atoms with E-state index in [0.717, 1.165) is 41.2 Å². The Kier molecular flexibility index (Phi) is 9.28. The Bertz CT molecular complexity index is 1140. The zero-order valence-corrected chi connectivity index (χ0v) is 22.1. The molecule has 0 bridgehead atoms. The molecule has 0 spiro atoms. The van der Waals surface area contributed by atoms with Crippen LogP contribution < -0.4 is 10.6 Å². The van der Waals surface area contributed by atoms with E-state index in [9.17, 15) is 8.42 Å². The van der Waals surface area contributed by atoms with Gasteiger partial charge in [0.15, 0.2) is 5.96 Å². The van der Waals surface area contributed by atoms with Gasteiger partial charge in [-0.15, -0.1) is 35.3 Å². The molecule has 2 heterocycles. The van der Waals surface area contributed by atoms with Gasteiger partial charge in [0.05, 0.1) is 17.6 Å². The quantitative estimate of drug-likeness (QED) is 0.186. The SMILES string of the molecule is CN=C(NCCCn1c(C)nc2ccccc21)NCc1ccc(S(=O)(=O)N(C)C)s1.I. The van der Waals surface area contributed by atoms with Crippen molar-refractivity contribution in [3.63, 3.8) is 0 Å². The molecule has 3 rings (SSSR count). The summed E-state index contributed by atoms with van der Waals surface area (Å²) >= 11 is 1.26. The van der Waals surface area contributed by atoms with Crippen molar-refractivity contribution in [3.05, 3.63) is 47.1 Å². The topological polar surface area (TPSA) is 91.6 Å². The summed E-state index contributed by atoms with van der Waals surface area (Å²) in [5.41, 5.74) is 2.17. The Morgan fingerprint density at radius 1 is 1.19 bits per heavy atom. The first-order valence-corrected chi connectivity index (χ1v) is 12.0. The highest BCUT2D eigenvalue weighted by molar-refractivity contribution is 14.0. The molecule has 0 unspecified atom stereocenters. The number of nitrogens with one attached hydrogen (secondary N) is 2. The van der Waals surface area contributed by atoms with Gasteiger partial charge in [0.25, 0.3) is 10.0 Å². The Morgan fingerprint density at radius 2 is 1.94 bits per heavy atom. The van der Waals surface area contributed by atoms with Gasteiger partial charge >= 0.3 is 0 Å². The number of aliphatic imine (C=N–C) groups is 1. The number of aryl methyl sites for hydroxylation is 2. The van der Waals surface area contributed by atoms with E-state index in [-0.39, 0.29) is 24.0 Å². The van der Waals surface area contributed by atoms with Crippen LogP contribution in [0.5, 0.6) is 0 Å². The number of hydrogen-bond donors (Lipinski definition) is 2. The molecule has 170 valence electrons. The van der Waals surface area contributed by atoms with Crippen LogP contribution in [0.4, 0.5) is 0 Å². The van der Waals surface area contributed by atoms with Gasteiger partial charge in [-0.1, -0.05) is 12.1 Å². The number of halogens is 1. The number of aromatic nitrogens is 2. The first-order valence-electron chi connectivity index (χ1n) is 9.70. The van der Waals surface area contributed by atoms with Crippen molar-refractivity contribution in [1.82, 2.24) is 24.5 Å². The maximum atomic E-state index is 12.2. The summed E-state index contributed by atoms with van der Waals surface area (Å²) in [6.07, 6.45) is 0.923. The molecule has 3 aromatic rings. The van der Waals surface area contributed by atoms with Crippen LogP contribution in [0.1, 0.15) is 17.1 Å². The molecule has 2 aromatic heterocycles. The maximum Gasteiger partial charge on any atom is 0.252 e. The number of sulfonamides is 1. The van der Waals surface area contributed by atoms with Crippen molar-refractivity contribution in [1.29, 1.82) is 0 Å². The number of fused-ring (bicyclic) bond motifs is 1. The molecule has 8 nitrogen and oxygen atoms in total. The smallest absolute Gasteiger partial charge is 0.252 e. The summed E-state index contributed by atoms with van der Waals surface area (Å²) in [6.45, 7) is 4.17. The largest absolute Gasteiger partial charge is 0.356 e. The number of imidazole rings is 1. The second-order valence-corrected chi connectivity index (χ2v) is 10.6. The van der Waals surface area contributed by atoms with E-state index in [2.05, 4.69) is 31.2 Å². The van der Waals surface area contributed by atoms with Crippen LogP contribution in [0.2, 0.25) is 0 Å². The van der Waals surface area contributed by atoms with Gasteiger partial charge in [-0.25, -0.2) is 17.7 Å². The van der Waals surface area contributed by atoms with E-state index in [1.807, 2.05) is 31.2 Å². The van der Waals surface area contributed by atoms with Crippen molar-refractivity contribution >= 4 is 62.3 Å². The zero-order chi connectivity index (χ0) is 21.7. The van der Waals surface area contributed by atoms with E-state index in [1.54, 1.807) is 13.1 Å². The van der Waals surface area contributed by atoms with E-state index in [0.29, 0.717) is 16.7 Å². The Labute approximate surface area is 204 Å². The minimum atomic E-state index is -3.39. The van der Waals surface area contributed by atoms with E-state index < -0.39 is 10.0 Å². The summed E-state index contributed by atoms with van der Waals surface area (Å²) in [5, 5.41) is 6.54.